The van der Waals surface area contributed by atoms with Gasteiger partial charge in [-0.05, 0) is 52.7 Å². The molecule has 1 fully saturated rings. The number of hydrogen-bond donors (Lipinski definition) is 1. The summed E-state index contributed by atoms with van der Waals surface area (Å²) in [6.07, 6.45) is 1.31. The second kappa shape index (κ2) is 11.3. The van der Waals surface area contributed by atoms with Gasteiger partial charge < -0.3 is 4.74 Å². The highest BCUT2D eigenvalue weighted by molar-refractivity contribution is 9.10. The number of hydrogen-bond acceptors (Lipinski definition) is 6. The highest BCUT2D eigenvalue weighted by Gasteiger charge is 2.34. The summed E-state index contributed by atoms with van der Waals surface area (Å²) in [6.45, 7) is -0.383. The molecule has 1 saturated heterocycles. The molecule has 5 rings (SSSR count). The minimum Gasteiger partial charge on any atom is -0.494 e. The Labute approximate surface area is 251 Å². The molecule has 0 radical (unpaired) electrons. The fourth-order valence-corrected chi connectivity index (χ4v) is 6.71. The minimum absolute atomic E-state index is 0.0333. The number of carbonyl (C=O) groups excluding carboxylic acids is 2. The van der Waals surface area contributed by atoms with Gasteiger partial charge in [-0.1, -0.05) is 29.3 Å². The SMILES string of the molecule is COc1c(NS(=O)(=O)N2CC[C@@H](F)C2)ccc(F)c1C(=O)c1cn(C(=O)c2c(Cl)cccc2Cl)c2ncc(Br)cc12. The van der Waals surface area contributed by atoms with Crippen molar-refractivity contribution < 1.29 is 31.5 Å². The molecule has 2 aromatic heterocycles. The van der Waals surface area contributed by atoms with Gasteiger partial charge in [-0.25, -0.2) is 13.8 Å². The number of aromatic nitrogens is 2. The highest BCUT2D eigenvalue weighted by Crippen LogP contribution is 2.36. The zero-order chi connectivity index (χ0) is 29.6. The number of methoxy groups -OCH3 is 1. The summed E-state index contributed by atoms with van der Waals surface area (Å²) in [5.74, 6) is -3.03. The van der Waals surface area contributed by atoms with Crippen LogP contribution < -0.4 is 9.46 Å². The number of benzene rings is 2. The molecule has 0 unspecified atom stereocenters. The van der Waals surface area contributed by atoms with Gasteiger partial charge in [0.2, 0.25) is 5.78 Å². The van der Waals surface area contributed by atoms with E-state index in [0.717, 1.165) is 28.1 Å². The number of fused-ring (bicyclic) bond motifs is 1. The Morgan fingerprint density at radius 2 is 1.88 bits per heavy atom. The van der Waals surface area contributed by atoms with E-state index in [1.165, 1.54) is 30.6 Å². The van der Waals surface area contributed by atoms with E-state index in [-0.39, 0.29) is 57.4 Å². The molecule has 9 nitrogen and oxygen atoms in total. The number of pyridine rings is 1. The van der Waals surface area contributed by atoms with Crippen molar-refractivity contribution in [2.75, 3.05) is 24.9 Å². The lowest BCUT2D eigenvalue weighted by atomic mass is 10.0. The lowest BCUT2D eigenvalue weighted by molar-refractivity contribution is 0.0964. The predicted octanol–water partition coefficient (Wildman–Crippen LogP) is 5.87. The van der Waals surface area contributed by atoms with Crippen LogP contribution in [0.15, 0.2) is 53.3 Å². The average Bonchev–Trinajstić information content (AvgIpc) is 3.53. The molecule has 0 spiro atoms. The van der Waals surface area contributed by atoms with Crippen molar-refractivity contribution in [2.24, 2.45) is 0 Å². The van der Waals surface area contributed by atoms with Crippen molar-refractivity contribution >= 4 is 77.8 Å². The first-order valence-electron chi connectivity index (χ1n) is 11.9. The predicted molar refractivity (Wildman–Crippen MR) is 154 cm³/mol. The van der Waals surface area contributed by atoms with Gasteiger partial charge in [0.25, 0.3) is 5.91 Å². The van der Waals surface area contributed by atoms with E-state index >= 15 is 4.39 Å². The summed E-state index contributed by atoms with van der Waals surface area (Å²) in [5.41, 5.74) is -0.943. The van der Waals surface area contributed by atoms with E-state index in [2.05, 4.69) is 25.6 Å². The highest BCUT2D eigenvalue weighted by atomic mass is 79.9. The number of ether oxygens (including phenoxy) is 1. The maximum atomic E-state index is 15.3. The molecule has 1 N–H and O–H groups in total. The molecule has 1 aliphatic rings. The van der Waals surface area contributed by atoms with Crippen LogP contribution >= 0.6 is 39.1 Å². The van der Waals surface area contributed by atoms with Crippen LogP contribution in [0.25, 0.3) is 11.0 Å². The Morgan fingerprint density at radius 1 is 1.17 bits per heavy atom. The summed E-state index contributed by atoms with van der Waals surface area (Å²) in [5, 5.41) is 0.317. The summed E-state index contributed by atoms with van der Waals surface area (Å²) in [6, 6.07) is 8.03. The lowest BCUT2D eigenvalue weighted by Crippen LogP contribution is -2.34. The molecule has 214 valence electrons. The number of nitrogens with one attached hydrogen (secondary N) is 1. The third-order valence-corrected chi connectivity index (χ3v) is 9.01. The molecule has 0 saturated carbocycles. The largest absolute Gasteiger partial charge is 0.494 e. The molecule has 2 aromatic carbocycles. The Kier molecular flexibility index (Phi) is 8.09. The third kappa shape index (κ3) is 5.44. The van der Waals surface area contributed by atoms with Crippen LogP contribution in [0, 0.1) is 5.82 Å². The third-order valence-electron chi connectivity index (χ3n) is 6.46. The van der Waals surface area contributed by atoms with E-state index in [9.17, 15) is 22.4 Å². The Hall–Kier alpha value is -3.10. The normalized spacial score (nSPS) is 15.8. The van der Waals surface area contributed by atoms with Crippen molar-refractivity contribution in [2.45, 2.75) is 12.6 Å². The molecule has 0 bridgehead atoms. The summed E-state index contributed by atoms with van der Waals surface area (Å²) < 4.78 is 64.7. The van der Waals surface area contributed by atoms with Gasteiger partial charge in [-0.2, -0.15) is 12.7 Å². The molecule has 1 atom stereocenters. The van der Waals surface area contributed by atoms with E-state index in [1.54, 1.807) is 6.07 Å². The Bertz CT molecular complexity index is 1820. The minimum atomic E-state index is -4.25. The number of alkyl halides is 1. The lowest BCUT2D eigenvalue weighted by Gasteiger charge is -2.19. The fourth-order valence-electron chi connectivity index (χ4n) is 4.55. The van der Waals surface area contributed by atoms with Gasteiger partial charge in [0.15, 0.2) is 5.75 Å². The first-order chi connectivity index (χ1) is 19.4. The summed E-state index contributed by atoms with van der Waals surface area (Å²) >= 11 is 15.8. The maximum Gasteiger partial charge on any atom is 0.301 e. The first-order valence-corrected chi connectivity index (χ1v) is 14.9. The van der Waals surface area contributed by atoms with Crippen molar-refractivity contribution in [3.8, 4) is 5.75 Å². The van der Waals surface area contributed by atoms with Gasteiger partial charge >= 0.3 is 10.2 Å². The monoisotopic (exact) mass is 686 g/mol. The van der Waals surface area contributed by atoms with Crippen LogP contribution in [0.1, 0.15) is 32.7 Å². The second-order valence-electron chi connectivity index (χ2n) is 9.02. The van der Waals surface area contributed by atoms with Crippen molar-refractivity contribution in [1.29, 1.82) is 0 Å². The van der Waals surface area contributed by atoms with Gasteiger partial charge in [0.05, 0.1) is 34.0 Å². The van der Waals surface area contributed by atoms with E-state index in [0.29, 0.717) is 4.47 Å². The molecule has 3 heterocycles. The van der Waals surface area contributed by atoms with E-state index in [1.807, 2.05) is 0 Å². The number of rotatable bonds is 7. The van der Waals surface area contributed by atoms with Crippen LogP contribution in [0.5, 0.6) is 5.75 Å². The van der Waals surface area contributed by atoms with Gasteiger partial charge in [0, 0.05) is 35.3 Å². The molecule has 15 heteroatoms. The van der Waals surface area contributed by atoms with E-state index in [4.69, 9.17) is 27.9 Å². The van der Waals surface area contributed by atoms with Crippen LogP contribution in [-0.4, -0.2) is 60.3 Å². The molecule has 0 amide bonds. The van der Waals surface area contributed by atoms with Crippen molar-refractivity contribution in [1.82, 2.24) is 13.9 Å². The fraction of sp³-hybridized carbons (Fsp3) is 0.192. The summed E-state index contributed by atoms with van der Waals surface area (Å²) in [4.78, 5) is 31.7. The van der Waals surface area contributed by atoms with Gasteiger partial charge in [-0.3, -0.25) is 18.9 Å². The van der Waals surface area contributed by atoms with Gasteiger partial charge in [-0.15, -0.1) is 0 Å². The number of halogens is 5. The van der Waals surface area contributed by atoms with Crippen molar-refractivity contribution in [3.05, 3.63) is 85.8 Å². The number of anilines is 1. The number of carbonyl (C=O) groups is 2. The average molecular weight is 688 g/mol. The first kappa shape index (κ1) is 29.4. The van der Waals surface area contributed by atoms with E-state index < -0.39 is 45.2 Å². The number of ketones is 1. The quantitative estimate of drug-likeness (QED) is 0.243. The Morgan fingerprint density at radius 3 is 2.51 bits per heavy atom. The maximum absolute atomic E-state index is 15.3. The molecule has 1 aliphatic heterocycles. The molecule has 0 aliphatic carbocycles. The van der Waals surface area contributed by atoms with Crippen molar-refractivity contribution in [3.63, 3.8) is 0 Å². The number of nitrogens with zero attached hydrogens (tertiary/aromatic N) is 3. The van der Waals surface area contributed by atoms with Gasteiger partial charge in [0.1, 0.15) is 23.2 Å². The van der Waals surface area contributed by atoms with Crippen LogP contribution in [0.4, 0.5) is 14.5 Å². The Balaban J connectivity index is 1.63. The van der Waals surface area contributed by atoms with Crippen LogP contribution in [0.2, 0.25) is 10.0 Å². The van der Waals surface area contributed by atoms with Crippen LogP contribution in [-0.2, 0) is 10.2 Å². The molecule has 4 aromatic rings. The zero-order valence-corrected chi connectivity index (χ0v) is 24.9. The standard InChI is InChI=1S/C26H19BrCl2F2N4O5S/c1-40-24-20(33-41(38,39)34-8-7-14(30)11-34)6-5-19(31)22(24)23(36)16-12-35(25-15(16)9-13(27)10-32-25)26(37)21-17(28)3-2-4-18(21)29/h2-6,9-10,12,14,33H,7-8,11H2,1H3/t14-/m1/s1. The molecular formula is C26H19BrCl2F2N4O5S. The molecule has 41 heavy (non-hydrogen) atoms. The smallest absolute Gasteiger partial charge is 0.301 e. The summed E-state index contributed by atoms with van der Waals surface area (Å²) in [7, 11) is -3.11. The second-order valence-corrected chi connectivity index (χ2v) is 12.4. The topological polar surface area (TPSA) is 111 Å². The van der Waals surface area contributed by atoms with Crippen LogP contribution in [0.3, 0.4) is 0 Å². The molecular weight excluding hydrogens is 669 g/mol. The zero-order valence-electron chi connectivity index (χ0n) is 21.0.